The van der Waals surface area contributed by atoms with E-state index in [2.05, 4.69) is 10.5 Å². The van der Waals surface area contributed by atoms with E-state index in [1.807, 2.05) is 48.5 Å². The van der Waals surface area contributed by atoms with E-state index in [4.69, 9.17) is 16.3 Å². The lowest BCUT2D eigenvalue weighted by Crippen LogP contribution is -1.99. The summed E-state index contributed by atoms with van der Waals surface area (Å²) < 4.78 is 5.87. The first kappa shape index (κ1) is 18.4. The number of hydrogen-bond donors (Lipinski definition) is 1. The molecule has 0 atom stereocenters. The minimum atomic E-state index is -0.443. The molecule has 0 aliphatic carbocycles. The third kappa shape index (κ3) is 5.29. The maximum absolute atomic E-state index is 10.7. The Hall–Kier alpha value is -3.38. The van der Waals surface area contributed by atoms with Crippen LogP contribution in [0.25, 0.3) is 0 Å². The zero-order valence-corrected chi connectivity index (χ0v) is 15.0. The van der Waals surface area contributed by atoms with Crippen molar-refractivity contribution in [2.75, 3.05) is 5.43 Å². The van der Waals surface area contributed by atoms with Crippen molar-refractivity contribution in [2.45, 2.75) is 6.61 Å². The van der Waals surface area contributed by atoms with Crippen molar-refractivity contribution in [3.63, 3.8) is 0 Å². The summed E-state index contributed by atoms with van der Waals surface area (Å²) in [6, 6.07) is 21.0. The van der Waals surface area contributed by atoms with Gasteiger partial charge in [0.05, 0.1) is 16.8 Å². The standard InChI is InChI=1S/C20H16ClN3O3/c21-17-7-5-15(6-8-17)14-27-20-4-2-1-3-16(20)13-22-23-18-9-11-19(12-10-18)24(25)26/h1-13,23H,14H2/b22-13+. The van der Waals surface area contributed by atoms with Crippen LogP contribution in [-0.2, 0) is 6.61 Å². The highest BCUT2D eigenvalue weighted by Gasteiger charge is 2.04. The number of benzene rings is 3. The van der Waals surface area contributed by atoms with Gasteiger partial charge in [0.15, 0.2) is 0 Å². The van der Waals surface area contributed by atoms with Crippen molar-refractivity contribution in [1.29, 1.82) is 0 Å². The zero-order chi connectivity index (χ0) is 19.1. The Balaban J connectivity index is 1.63. The molecule has 136 valence electrons. The van der Waals surface area contributed by atoms with Crippen LogP contribution in [0.5, 0.6) is 5.75 Å². The Morgan fingerprint density at radius 2 is 1.74 bits per heavy atom. The van der Waals surface area contributed by atoms with Gasteiger partial charge in [0, 0.05) is 22.7 Å². The molecule has 7 heteroatoms. The number of nitrogens with zero attached hydrogens (tertiary/aromatic N) is 2. The molecule has 0 heterocycles. The first-order chi connectivity index (χ1) is 13.1. The van der Waals surface area contributed by atoms with Gasteiger partial charge < -0.3 is 4.74 Å². The molecule has 3 rings (SSSR count). The van der Waals surface area contributed by atoms with Crippen molar-refractivity contribution in [1.82, 2.24) is 0 Å². The SMILES string of the molecule is O=[N+]([O-])c1ccc(N/N=C/c2ccccc2OCc2ccc(Cl)cc2)cc1. The molecule has 0 radical (unpaired) electrons. The summed E-state index contributed by atoms with van der Waals surface area (Å²) >= 11 is 5.89. The van der Waals surface area contributed by atoms with Gasteiger partial charge in [-0.2, -0.15) is 5.10 Å². The Bertz CT molecular complexity index is 941. The summed E-state index contributed by atoms with van der Waals surface area (Å²) in [7, 11) is 0. The fraction of sp³-hybridized carbons (Fsp3) is 0.0500. The zero-order valence-electron chi connectivity index (χ0n) is 14.2. The molecule has 0 saturated carbocycles. The molecule has 0 bridgehead atoms. The molecule has 6 nitrogen and oxygen atoms in total. The van der Waals surface area contributed by atoms with E-state index in [0.717, 1.165) is 11.1 Å². The smallest absolute Gasteiger partial charge is 0.269 e. The first-order valence-corrected chi connectivity index (χ1v) is 8.49. The molecular weight excluding hydrogens is 366 g/mol. The van der Waals surface area contributed by atoms with E-state index in [1.165, 1.54) is 12.1 Å². The van der Waals surface area contributed by atoms with Gasteiger partial charge in [-0.25, -0.2) is 0 Å². The van der Waals surface area contributed by atoms with Crippen molar-refractivity contribution in [3.05, 3.63) is 99.1 Å². The minimum Gasteiger partial charge on any atom is -0.488 e. The van der Waals surface area contributed by atoms with Gasteiger partial charge in [-0.15, -0.1) is 0 Å². The predicted octanol–water partition coefficient (Wildman–Crippen LogP) is 5.27. The number of hydrazone groups is 1. The van der Waals surface area contributed by atoms with Crippen LogP contribution in [0.15, 0.2) is 77.9 Å². The van der Waals surface area contributed by atoms with Gasteiger partial charge in [0.1, 0.15) is 12.4 Å². The lowest BCUT2D eigenvalue weighted by Gasteiger charge is -2.09. The second-order valence-electron chi connectivity index (χ2n) is 5.63. The lowest BCUT2D eigenvalue weighted by molar-refractivity contribution is -0.384. The molecule has 0 aliphatic rings. The summed E-state index contributed by atoms with van der Waals surface area (Å²) in [6.07, 6.45) is 1.64. The summed E-state index contributed by atoms with van der Waals surface area (Å²) in [5, 5.41) is 15.5. The average molecular weight is 382 g/mol. The van der Waals surface area contributed by atoms with Gasteiger partial charge in [-0.1, -0.05) is 35.9 Å². The van der Waals surface area contributed by atoms with Crippen molar-refractivity contribution in [3.8, 4) is 5.75 Å². The maximum Gasteiger partial charge on any atom is 0.269 e. The van der Waals surface area contributed by atoms with Crippen LogP contribution in [0, 0.1) is 10.1 Å². The van der Waals surface area contributed by atoms with E-state index >= 15 is 0 Å². The molecule has 3 aromatic carbocycles. The number of nitrogens with one attached hydrogen (secondary N) is 1. The summed E-state index contributed by atoms with van der Waals surface area (Å²) in [4.78, 5) is 10.2. The molecule has 27 heavy (non-hydrogen) atoms. The normalized spacial score (nSPS) is 10.7. The summed E-state index contributed by atoms with van der Waals surface area (Å²) in [5.74, 6) is 0.696. The monoisotopic (exact) mass is 381 g/mol. The van der Waals surface area contributed by atoms with Crippen molar-refractivity contribution in [2.24, 2.45) is 5.10 Å². The highest BCUT2D eigenvalue weighted by molar-refractivity contribution is 6.30. The van der Waals surface area contributed by atoms with Gasteiger partial charge in [-0.05, 0) is 42.0 Å². The topological polar surface area (TPSA) is 76.8 Å². The minimum absolute atomic E-state index is 0.0328. The molecule has 0 amide bonds. The van der Waals surface area contributed by atoms with Crippen molar-refractivity contribution >= 4 is 29.2 Å². The maximum atomic E-state index is 10.7. The first-order valence-electron chi connectivity index (χ1n) is 8.11. The fourth-order valence-electron chi connectivity index (χ4n) is 2.29. The lowest BCUT2D eigenvalue weighted by atomic mass is 10.2. The van der Waals surface area contributed by atoms with E-state index < -0.39 is 4.92 Å². The van der Waals surface area contributed by atoms with Crippen LogP contribution in [0.4, 0.5) is 11.4 Å². The number of para-hydroxylation sites is 1. The number of halogens is 1. The van der Waals surface area contributed by atoms with Crippen LogP contribution < -0.4 is 10.2 Å². The Kier molecular flexibility index (Phi) is 6.02. The average Bonchev–Trinajstić information content (AvgIpc) is 2.69. The molecule has 0 saturated heterocycles. The molecule has 1 N–H and O–H groups in total. The van der Waals surface area contributed by atoms with E-state index in [1.54, 1.807) is 18.3 Å². The second-order valence-corrected chi connectivity index (χ2v) is 6.06. The number of rotatable bonds is 7. The van der Waals surface area contributed by atoms with Crippen LogP contribution in [-0.4, -0.2) is 11.1 Å². The molecule has 0 aliphatic heterocycles. The van der Waals surface area contributed by atoms with Crippen LogP contribution in [0.3, 0.4) is 0 Å². The molecule has 0 fully saturated rings. The number of non-ortho nitro benzene ring substituents is 1. The van der Waals surface area contributed by atoms with Gasteiger partial charge in [-0.3, -0.25) is 15.5 Å². The Labute approximate surface area is 161 Å². The highest BCUT2D eigenvalue weighted by atomic mass is 35.5. The predicted molar refractivity (Wildman–Crippen MR) is 107 cm³/mol. The molecule has 0 spiro atoms. The Morgan fingerprint density at radius 3 is 2.44 bits per heavy atom. The van der Waals surface area contributed by atoms with E-state index in [9.17, 15) is 10.1 Å². The molecule has 3 aromatic rings. The largest absolute Gasteiger partial charge is 0.488 e. The number of ether oxygens (including phenoxy) is 1. The van der Waals surface area contributed by atoms with E-state index in [0.29, 0.717) is 23.1 Å². The van der Waals surface area contributed by atoms with Crippen LogP contribution >= 0.6 is 11.6 Å². The van der Waals surface area contributed by atoms with Crippen molar-refractivity contribution < 1.29 is 9.66 Å². The molecule has 0 unspecified atom stereocenters. The highest BCUT2D eigenvalue weighted by Crippen LogP contribution is 2.19. The van der Waals surface area contributed by atoms with E-state index in [-0.39, 0.29) is 5.69 Å². The fourth-order valence-corrected chi connectivity index (χ4v) is 2.42. The third-order valence-electron chi connectivity index (χ3n) is 3.70. The number of hydrogen-bond acceptors (Lipinski definition) is 5. The second kappa shape index (κ2) is 8.82. The van der Waals surface area contributed by atoms with Crippen LogP contribution in [0.1, 0.15) is 11.1 Å². The summed E-state index contributed by atoms with van der Waals surface area (Å²) in [5.41, 5.74) is 5.34. The number of nitro groups is 1. The third-order valence-corrected chi connectivity index (χ3v) is 3.95. The number of nitro benzene ring substituents is 1. The summed E-state index contributed by atoms with van der Waals surface area (Å²) in [6.45, 7) is 0.414. The quantitative estimate of drug-likeness (QED) is 0.343. The molecular formula is C20H16ClN3O3. The number of anilines is 1. The van der Waals surface area contributed by atoms with Gasteiger partial charge >= 0.3 is 0 Å². The Morgan fingerprint density at radius 1 is 1.04 bits per heavy atom. The van der Waals surface area contributed by atoms with Crippen LogP contribution in [0.2, 0.25) is 5.02 Å². The molecule has 0 aromatic heterocycles. The van der Waals surface area contributed by atoms with Gasteiger partial charge in [0.2, 0.25) is 0 Å². The van der Waals surface area contributed by atoms with Gasteiger partial charge in [0.25, 0.3) is 5.69 Å².